The average Bonchev–Trinajstić information content (AvgIpc) is 2.11. The zero-order valence-electron chi connectivity index (χ0n) is 13.3. The van der Waals surface area contributed by atoms with Gasteiger partial charge in [0.15, 0.2) is 0 Å². The zero-order chi connectivity index (χ0) is 15.3. The van der Waals surface area contributed by atoms with E-state index < -0.39 is 11.2 Å². The summed E-state index contributed by atoms with van der Waals surface area (Å²) in [4.78, 5) is 23.2. The van der Waals surface area contributed by atoms with Gasteiger partial charge in [0.1, 0.15) is 11.2 Å². The highest BCUT2D eigenvalue weighted by Gasteiger charge is 2.22. The molecule has 0 radical (unpaired) electrons. The fourth-order valence-corrected chi connectivity index (χ4v) is 1.47. The summed E-state index contributed by atoms with van der Waals surface area (Å²) in [5.74, 6) is -0.623. The molecule has 0 spiro atoms. The maximum absolute atomic E-state index is 11.7. The van der Waals surface area contributed by atoms with Gasteiger partial charge in [-0.15, -0.1) is 0 Å². The fraction of sp³-hybridized carbons (Fsp3) is 0.867. The molecule has 0 aliphatic heterocycles. The third-order valence-electron chi connectivity index (χ3n) is 2.25. The van der Waals surface area contributed by atoms with Crippen LogP contribution in [0.15, 0.2) is 0 Å². The highest BCUT2D eigenvalue weighted by Crippen LogP contribution is 2.16. The van der Waals surface area contributed by atoms with Crippen molar-refractivity contribution in [2.24, 2.45) is 5.92 Å². The van der Waals surface area contributed by atoms with Crippen LogP contribution in [0.4, 0.5) is 0 Å². The number of hydrogen-bond acceptors (Lipinski definition) is 4. The first-order valence-electron chi connectivity index (χ1n) is 6.85. The van der Waals surface area contributed by atoms with Crippen LogP contribution >= 0.6 is 0 Å². The Morgan fingerprint density at radius 3 is 1.84 bits per heavy atom. The Morgan fingerprint density at radius 2 is 1.42 bits per heavy atom. The quantitative estimate of drug-likeness (QED) is 0.719. The molecule has 1 atom stereocenters. The van der Waals surface area contributed by atoms with E-state index in [0.717, 1.165) is 0 Å². The van der Waals surface area contributed by atoms with E-state index in [4.69, 9.17) is 9.47 Å². The summed E-state index contributed by atoms with van der Waals surface area (Å²) in [7, 11) is 0. The minimum atomic E-state index is -0.462. The molecule has 0 heterocycles. The Hall–Kier alpha value is -1.06. The molecule has 4 heteroatoms. The van der Waals surface area contributed by atoms with Gasteiger partial charge in [0.2, 0.25) is 0 Å². The SMILES string of the molecule is CC(CCCC(=O)OC(C)(C)C)C(=O)OC(C)(C)C. The van der Waals surface area contributed by atoms with Crippen LogP contribution in [0.3, 0.4) is 0 Å². The van der Waals surface area contributed by atoms with Gasteiger partial charge in [-0.3, -0.25) is 9.59 Å². The molecule has 1 unspecified atom stereocenters. The van der Waals surface area contributed by atoms with E-state index in [1.54, 1.807) is 0 Å². The molecule has 0 rings (SSSR count). The van der Waals surface area contributed by atoms with Gasteiger partial charge in [-0.2, -0.15) is 0 Å². The largest absolute Gasteiger partial charge is 0.460 e. The number of hydrogen-bond donors (Lipinski definition) is 0. The van der Waals surface area contributed by atoms with Crippen LogP contribution in [-0.2, 0) is 19.1 Å². The number of carbonyl (C=O) groups is 2. The standard InChI is InChI=1S/C15H28O4/c1-11(13(17)19-15(5,6)7)9-8-10-12(16)18-14(2,3)4/h11H,8-10H2,1-7H3. The third-order valence-corrected chi connectivity index (χ3v) is 2.25. The third kappa shape index (κ3) is 10.5. The Kier molecular flexibility index (Phi) is 6.53. The van der Waals surface area contributed by atoms with Crippen molar-refractivity contribution >= 4 is 11.9 Å². The van der Waals surface area contributed by atoms with Crippen LogP contribution in [0.2, 0.25) is 0 Å². The summed E-state index contributed by atoms with van der Waals surface area (Å²) in [6, 6.07) is 0. The van der Waals surface area contributed by atoms with Gasteiger partial charge < -0.3 is 9.47 Å². The van der Waals surface area contributed by atoms with Crippen LogP contribution in [0.25, 0.3) is 0 Å². The van der Waals surface area contributed by atoms with Crippen molar-refractivity contribution in [1.29, 1.82) is 0 Å². The van der Waals surface area contributed by atoms with Gasteiger partial charge >= 0.3 is 11.9 Å². The molecule has 19 heavy (non-hydrogen) atoms. The lowest BCUT2D eigenvalue weighted by Crippen LogP contribution is -2.28. The van der Waals surface area contributed by atoms with Gasteiger partial charge in [0, 0.05) is 6.42 Å². The summed E-state index contributed by atoms with van der Waals surface area (Å²) in [5, 5.41) is 0. The Bertz CT molecular complexity index is 307. The van der Waals surface area contributed by atoms with Crippen molar-refractivity contribution < 1.29 is 19.1 Å². The Labute approximate surface area is 116 Å². The molecule has 112 valence electrons. The van der Waals surface area contributed by atoms with Gasteiger partial charge in [-0.1, -0.05) is 6.92 Å². The molecule has 0 fully saturated rings. The predicted molar refractivity (Wildman–Crippen MR) is 74.7 cm³/mol. The predicted octanol–water partition coefficient (Wildman–Crippen LogP) is 3.48. The molecular weight excluding hydrogens is 244 g/mol. The molecule has 4 nitrogen and oxygen atoms in total. The molecule has 0 saturated heterocycles. The highest BCUT2D eigenvalue weighted by atomic mass is 16.6. The van der Waals surface area contributed by atoms with Gasteiger partial charge in [-0.05, 0) is 54.4 Å². The summed E-state index contributed by atoms with van der Waals surface area (Å²) < 4.78 is 10.5. The van der Waals surface area contributed by atoms with Crippen LogP contribution in [0, 0.1) is 5.92 Å². The number of esters is 2. The molecule has 0 saturated carbocycles. The van der Waals surface area contributed by atoms with Crippen LogP contribution in [0.1, 0.15) is 67.7 Å². The van der Waals surface area contributed by atoms with E-state index in [9.17, 15) is 9.59 Å². The zero-order valence-corrected chi connectivity index (χ0v) is 13.3. The molecule has 0 aliphatic rings. The van der Waals surface area contributed by atoms with Gasteiger partial charge in [0.05, 0.1) is 5.92 Å². The van der Waals surface area contributed by atoms with Crippen molar-refractivity contribution in [2.75, 3.05) is 0 Å². The molecule has 0 aromatic rings. The molecular formula is C15H28O4. The first-order chi connectivity index (χ1) is 8.41. The van der Waals surface area contributed by atoms with Crippen LogP contribution in [-0.4, -0.2) is 23.1 Å². The van der Waals surface area contributed by atoms with E-state index in [0.29, 0.717) is 19.3 Å². The molecule has 0 amide bonds. The van der Waals surface area contributed by atoms with E-state index in [2.05, 4.69) is 0 Å². The second-order valence-electron chi connectivity index (χ2n) is 6.91. The van der Waals surface area contributed by atoms with Gasteiger partial charge in [0.25, 0.3) is 0 Å². The van der Waals surface area contributed by atoms with Crippen molar-refractivity contribution in [1.82, 2.24) is 0 Å². The Morgan fingerprint density at radius 1 is 0.947 bits per heavy atom. The molecule has 0 bridgehead atoms. The lowest BCUT2D eigenvalue weighted by Gasteiger charge is -2.22. The molecule has 0 N–H and O–H groups in total. The van der Waals surface area contributed by atoms with Crippen LogP contribution < -0.4 is 0 Å². The van der Waals surface area contributed by atoms with Crippen molar-refractivity contribution in [2.45, 2.75) is 78.9 Å². The van der Waals surface area contributed by atoms with Crippen molar-refractivity contribution in [3.63, 3.8) is 0 Å². The molecule has 0 aromatic heterocycles. The summed E-state index contributed by atoms with van der Waals surface area (Å²) in [5.41, 5.74) is -0.912. The normalized spacial score (nSPS) is 13.8. The van der Waals surface area contributed by atoms with Gasteiger partial charge in [-0.25, -0.2) is 0 Å². The first-order valence-corrected chi connectivity index (χ1v) is 6.85. The van der Waals surface area contributed by atoms with E-state index in [1.165, 1.54) is 0 Å². The second-order valence-corrected chi connectivity index (χ2v) is 6.91. The number of rotatable bonds is 5. The smallest absolute Gasteiger partial charge is 0.309 e. The minimum Gasteiger partial charge on any atom is -0.460 e. The fourth-order valence-electron chi connectivity index (χ4n) is 1.47. The summed E-state index contributed by atoms with van der Waals surface area (Å²) in [6.07, 6.45) is 1.61. The van der Waals surface area contributed by atoms with Crippen LogP contribution in [0.5, 0.6) is 0 Å². The lowest BCUT2D eigenvalue weighted by molar-refractivity contribution is -0.160. The van der Waals surface area contributed by atoms with E-state index >= 15 is 0 Å². The minimum absolute atomic E-state index is 0.193. The highest BCUT2D eigenvalue weighted by molar-refractivity contribution is 5.73. The maximum atomic E-state index is 11.7. The van der Waals surface area contributed by atoms with E-state index in [-0.39, 0.29) is 17.9 Å². The first kappa shape index (κ1) is 17.9. The topological polar surface area (TPSA) is 52.6 Å². The summed E-state index contributed by atoms with van der Waals surface area (Å²) in [6.45, 7) is 12.9. The van der Waals surface area contributed by atoms with Crippen molar-refractivity contribution in [3.05, 3.63) is 0 Å². The average molecular weight is 272 g/mol. The number of carbonyl (C=O) groups excluding carboxylic acids is 2. The monoisotopic (exact) mass is 272 g/mol. The molecule has 0 aliphatic carbocycles. The lowest BCUT2D eigenvalue weighted by atomic mass is 10.0. The molecule has 0 aromatic carbocycles. The maximum Gasteiger partial charge on any atom is 0.309 e. The Balaban J connectivity index is 3.95. The van der Waals surface area contributed by atoms with E-state index in [1.807, 2.05) is 48.5 Å². The second kappa shape index (κ2) is 6.92. The van der Waals surface area contributed by atoms with Crippen molar-refractivity contribution in [3.8, 4) is 0 Å². The number of ether oxygens (including phenoxy) is 2. The summed E-state index contributed by atoms with van der Waals surface area (Å²) >= 11 is 0.